The predicted molar refractivity (Wildman–Crippen MR) is 83.4 cm³/mol. The zero-order chi connectivity index (χ0) is 16.1. The molecule has 0 saturated heterocycles. The van der Waals surface area contributed by atoms with Crippen LogP contribution in [0.15, 0.2) is 28.0 Å². The van der Waals surface area contributed by atoms with E-state index < -0.39 is 0 Å². The molecule has 8 nitrogen and oxygen atoms in total. The largest absolute Gasteiger partial charge is 0.394 e. The number of hydrogen-bond acceptors (Lipinski definition) is 6. The molecule has 1 saturated carbocycles. The van der Waals surface area contributed by atoms with Gasteiger partial charge in [0, 0.05) is 0 Å². The van der Waals surface area contributed by atoms with Crippen LogP contribution in [0, 0.1) is 0 Å². The summed E-state index contributed by atoms with van der Waals surface area (Å²) in [5.74, 6) is 0. The molecule has 1 unspecified atom stereocenters. The highest BCUT2D eigenvalue weighted by Gasteiger charge is 2.27. The number of hydrogen-bond donors (Lipinski definition) is 1. The van der Waals surface area contributed by atoms with Gasteiger partial charge in [-0.3, -0.25) is 14.2 Å². The normalized spacial score (nSPS) is 16.1. The monoisotopic (exact) mass is 313 g/mol. The zero-order valence-electron chi connectivity index (χ0n) is 12.5. The minimum atomic E-state index is -0.371. The molecule has 1 fully saturated rings. The van der Waals surface area contributed by atoms with Crippen LogP contribution in [-0.2, 0) is 0 Å². The smallest absolute Gasteiger partial charge is 0.277 e. The summed E-state index contributed by atoms with van der Waals surface area (Å²) in [5, 5.41) is 18.0. The summed E-state index contributed by atoms with van der Waals surface area (Å²) in [4.78, 5) is 29.2. The minimum Gasteiger partial charge on any atom is -0.394 e. The first kappa shape index (κ1) is 14.0. The standard InChI is InChI=1S/C15H15N5O3/c1-8(6-21)19-7-16-12-4-11-13(5-10(12)14(19)22)17-18-20(15(11)23)9-2-3-9/h4-5,7-9,21H,2-3,6H2,1H3. The third-order valence-electron chi connectivity index (χ3n) is 4.22. The first-order chi connectivity index (χ1) is 11.1. The topological polar surface area (TPSA) is 103 Å². The van der Waals surface area contributed by atoms with Gasteiger partial charge in [-0.2, -0.15) is 0 Å². The van der Waals surface area contributed by atoms with Crippen molar-refractivity contribution in [3.63, 3.8) is 0 Å². The van der Waals surface area contributed by atoms with Crippen molar-refractivity contribution >= 4 is 21.8 Å². The van der Waals surface area contributed by atoms with Crippen LogP contribution < -0.4 is 11.1 Å². The van der Waals surface area contributed by atoms with Gasteiger partial charge < -0.3 is 5.11 Å². The van der Waals surface area contributed by atoms with Crippen LogP contribution in [0.5, 0.6) is 0 Å². The highest BCUT2D eigenvalue weighted by Crippen LogP contribution is 2.32. The van der Waals surface area contributed by atoms with Gasteiger partial charge in [-0.25, -0.2) is 9.67 Å². The van der Waals surface area contributed by atoms with Crippen molar-refractivity contribution in [2.45, 2.75) is 31.8 Å². The van der Waals surface area contributed by atoms with Gasteiger partial charge in [0.05, 0.1) is 41.3 Å². The average molecular weight is 313 g/mol. The fraction of sp³-hybridized carbons (Fsp3) is 0.400. The fourth-order valence-corrected chi connectivity index (χ4v) is 2.65. The molecular formula is C15H15N5O3. The Morgan fingerprint density at radius 2 is 1.91 bits per heavy atom. The number of aliphatic hydroxyl groups excluding tert-OH is 1. The van der Waals surface area contributed by atoms with Crippen molar-refractivity contribution in [1.82, 2.24) is 24.5 Å². The van der Waals surface area contributed by atoms with E-state index in [1.165, 1.54) is 15.6 Å². The Bertz CT molecular complexity index is 1030. The van der Waals surface area contributed by atoms with Crippen molar-refractivity contribution < 1.29 is 5.11 Å². The highest BCUT2D eigenvalue weighted by atomic mass is 16.3. The lowest BCUT2D eigenvalue weighted by molar-refractivity contribution is 0.236. The van der Waals surface area contributed by atoms with E-state index in [9.17, 15) is 14.7 Å². The molecule has 1 aliphatic rings. The van der Waals surface area contributed by atoms with Gasteiger partial charge in [0.1, 0.15) is 5.52 Å². The fourth-order valence-electron chi connectivity index (χ4n) is 2.65. The van der Waals surface area contributed by atoms with Crippen molar-refractivity contribution in [2.24, 2.45) is 0 Å². The molecule has 1 aliphatic carbocycles. The predicted octanol–water partition coefficient (Wildman–Crippen LogP) is 0.390. The summed E-state index contributed by atoms with van der Waals surface area (Å²) in [6.45, 7) is 1.57. The van der Waals surface area contributed by atoms with Crippen molar-refractivity contribution in [3.8, 4) is 0 Å². The van der Waals surface area contributed by atoms with Crippen LogP contribution in [0.3, 0.4) is 0 Å². The van der Waals surface area contributed by atoms with Gasteiger partial charge in [-0.1, -0.05) is 5.21 Å². The van der Waals surface area contributed by atoms with Crippen LogP contribution in [0.25, 0.3) is 21.8 Å². The molecule has 0 aliphatic heterocycles. The third-order valence-corrected chi connectivity index (χ3v) is 4.22. The second-order valence-corrected chi connectivity index (χ2v) is 5.95. The molecule has 1 atom stereocenters. The average Bonchev–Trinajstić information content (AvgIpc) is 3.39. The van der Waals surface area contributed by atoms with E-state index in [0.29, 0.717) is 21.8 Å². The Balaban J connectivity index is 2.01. The van der Waals surface area contributed by atoms with E-state index in [1.807, 2.05) is 0 Å². The van der Waals surface area contributed by atoms with Crippen LogP contribution in [0.1, 0.15) is 31.8 Å². The summed E-state index contributed by atoms with van der Waals surface area (Å²) >= 11 is 0. The maximum absolute atomic E-state index is 12.5. The van der Waals surface area contributed by atoms with E-state index in [2.05, 4.69) is 15.3 Å². The number of rotatable bonds is 3. The second kappa shape index (κ2) is 4.95. The Morgan fingerprint density at radius 3 is 2.61 bits per heavy atom. The number of benzene rings is 1. The first-order valence-corrected chi connectivity index (χ1v) is 7.51. The first-order valence-electron chi connectivity index (χ1n) is 7.51. The third kappa shape index (κ3) is 2.14. The molecule has 0 bridgehead atoms. The van der Waals surface area contributed by atoms with Gasteiger partial charge in [0.25, 0.3) is 11.1 Å². The molecule has 1 aromatic carbocycles. The molecule has 4 rings (SSSR count). The van der Waals surface area contributed by atoms with E-state index in [0.717, 1.165) is 12.8 Å². The lowest BCUT2D eigenvalue weighted by Crippen LogP contribution is -2.26. The maximum atomic E-state index is 12.5. The van der Waals surface area contributed by atoms with E-state index in [4.69, 9.17) is 0 Å². The van der Waals surface area contributed by atoms with Crippen molar-refractivity contribution in [3.05, 3.63) is 39.2 Å². The number of nitrogens with zero attached hydrogens (tertiary/aromatic N) is 5. The SMILES string of the molecule is CC(CO)n1cnc2cc3c(=O)n(C4CC4)nnc3cc2c1=O. The van der Waals surface area contributed by atoms with Crippen molar-refractivity contribution in [2.75, 3.05) is 6.61 Å². The summed E-state index contributed by atoms with van der Waals surface area (Å²) in [5.41, 5.74) is 0.352. The molecule has 0 radical (unpaired) electrons. The molecule has 2 heterocycles. The van der Waals surface area contributed by atoms with E-state index in [-0.39, 0.29) is 29.8 Å². The van der Waals surface area contributed by atoms with Gasteiger partial charge in [0.15, 0.2) is 0 Å². The Hall–Kier alpha value is -2.61. The number of aromatic nitrogens is 5. The van der Waals surface area contributed by atoms with Crippen molar-refractivity contribution in [1.29, 1.82) is 0 Å². The van der Waals surface area contributed by atoms with Crippen LogP contribution in [-0.4, -0.2) is 36.3 Å². The minimum absolute atomic E-state index is 0.140. The highest BCUT2D eigenvalue weighted by molar-refractivity contribution is 5.93. The summed E-state index contributed by atoms with van der Waals surface area (Å²) < 4.78 is 2.77. The van der Waals surface area contributed by atoms with Crippen LogP contribution in [0.2, 0.25) is 0 Å². The maximum Gasteiger partial charge on any atom is 0.277 e. The van der Waals surface area contributed by atoms with Crippen LogP contribution in [0.4, 0.5) is 0 Å². The Kier molecular flexibility index (Phi) is 3.02. The zero-order valence-corrected chi connectivity index (χ0v) is 12.5. The van der Waals surface area contributed by atoms with E-state index >= 15 is 0 Å². The van der Waals surface area contributed by atoms with E-state index in [1.54, 1.807) is 19.1 Å². The number of aliphatic hydroxyl groups is 1. The summed E-state index contributed by atoms with van der Waals surface area (Å²) in [7, 11) is 0. The molecule has 2 aromatic heterocycles. The molecule has 0 amide bonds. The molecular weight excluding hydrogens is 298 g/mol. The summed E-state index contributed by atoms with van der Waals surface area (Å²) in [6.07, 6.45) is 3.27. The molecule has 0 spiro atoms. The lowest BCUT2D eigenvalue weighted by Gasteiger charge is -2.12. The molecule has 118 valence electrons. The number of fused-ring (bicyclic) bond motifs is 2. The van der Waals surface area contributed by atoms with Gasteiger partial charge in [-0.05, 0) is 31.9 Å². The molecule has 3 aromatic rings. The molecule has 1 N–H and O–H groups in total. The van der Waals surface area contributed by atoms with Crippen LogP contribution >= 0.6 is 0 Å². The summed E-state index contributed by atoms with van der Waals surface area (Å²) in [6, 6.07) is 2.91. The van der Waals surface area contributed by atoms with Gasteiger partial charge in [0.2, 0.25) is 0 Å². The Labute approximate surface area is 130 Å². The molecule has 23 heavy (non-hydrogen) atoms. The molecule has 8 heteroatoms. The lowest BCUT2D eigenvalue weighted by atomic mass is 10.1. The second-order valence-electron chi connectivity index (χ2n) is 5.95. The van der Waals surface area contributed by atoms with Gasteiger partial charge >= 0.3 is 0 Å². The van der Waals surface area contributed by atoms with Gasteiger partial charge in [-0.15, -0.1) is 5.10 Å². The quantitative estimate of drug-likeness (QED) is 0.702. The Morgan fingerprint density at radius 1 is 1.22 bits per heavy atom.